The van der Waals surface area contributed by atoms with Crippen molar-refractivity contribution in [2.75, 3.05) is 29.5 Å². The van der Waals surface area contributed by atoms with Crippen LogP contribution in [0.2, 0.25) is 0 Å². The van der Waals surface area contributed by atoms with Crippen LogP contribution in [0.4, 0.5) is 5.69 Å². The average Bonchev–Trinajstić information content (AvgIpc) is 2.64. The van der Waals surface area contributed by atoms with Gasteiger partial charge in [0.2, 0.25) is 0 Å². The molecule has 1 N–H and O–H groups in total. The van der Waals surface area contributed by atoms with Gasteiger partial charge >= 0.3 is 0 Å². The van der Waals surface area contributed by atoms with Gasteiger partial charge in [-0.2, -0.15) is 11.8 Å². The first-order chi connectivity index (χ1) is 9.06. The molecule has 0 amide bonds. The third-order valence-corrected chi connectivity index (χ3v) is 4.31. The number of anilines is 1. The van der Waals surface area contributed by atoms with Crippen LogP contribution in [0.15, 0.2) is 18.5 Å². The van der Waals surface area contributed by atoms with Gasteiger partial charge in [0.05, 0.1) is 11.9 Å². The maximum Gasteiger partial charge on any atom is 0.0598 e. The Morgan fingerprint density at radius 2 is 2.16 bits per heavy atom. The number of nitrogens with one attached hydrogen (secondary N) is 1. The monoisotopic (exact) mass is 279 g/mol. The van der Waals surface area contributed by atoms with E-state index < -0.39 is 0 Å². The van der Waals surface area contributed by atoms with E-state index in [0.717, 1.165) is 19.6 Å². The van der Waals surface area contributed by atoms with Gasteiger partial charge < -0.3 is 10.2 Å². The molecule has 0 spiro atoms. The molecule has 0 saturated carbocycles. The van der Waals surface area contributed by atoms with E-state index in [1.54, 1.807) is 0 Å². The lowest BCUT2D eigenvalue weighted by molar-refractivity contribution is 0.424. The molecule has 1 fully saturated rings. The number of hydrogen-bond acceptors (Lipinski definition) is 4. The van der Waals surface area contributed by atoms with Crippen molar-refractivity contribution in [2.24, 2.45) is 0 Å². The second-order valence-electron chi connectivity index (χ2n) is 6.06. The van der Waals surface area contributed by atoms with E-state index in [9.17, 15) is 0 Å². The highest BCUT2D eigenvalue weighted by atomic mass is 32.2. The van der Waals surface area contributed by atoms with Crippen LogP contribution >= 0.6 is 11.8 Å². The van der Waals surface area contributed by atoms with Crippen molar-refractivity contribution < 1.29 is 0 Å². The van der Waals surface area contributed by atoms with E-state index in [1.165, 1.54) is 29.2 Å². The summed E-state index contributed by atoms with van der Waals surface area (Å²) in [5, 5.41) is 3.57. The second kappa shape index (κ2) is 6.62. The van der Waals surface area contributed by atoms with E-state index in [0.29, 0.717) is 0 Å². The molecule has 19 heavy (non-hydrogen) atoms. The minimum absolute atomic E-state index is 0.148. The SMILES string of the molecule is CC(C)(C)NCc1ccncc1N1CCCSCC1. The summed E-state index contributed by atoms with van der Waals surface area (Å²) in [5.74, 6) is 2.51. The first-order valence-electron chi connectivity index (χ1n) is 7.07. The molecule has 106 valence electrons. The Bertz CT molecular complexity index is 393. The minimum atomic E-state index is 0.148. The van der Waals surface area contributed by atoms with Crippen molar-refractivity contribution in [3.05, 3.63) is 24.0 Å². The lowest BCUT2D eigenvalue weighted by Crippen LogP contribution is -2.36. The summed E-state index contributed by atoms with van der Waals surface area (Å²) in [6.45, 7) is 9.81. The highest BCUT2D eigenvalue weighted by Gasteiger charge is 2.15. The molecule has 4 heteroatoms. The van der Waals surface area contributed by atoms with Crippen LogP contribution in [-0.2, 0) is 6.54 Å². The van der Waals surface area contributed by atoms with Gasteiger partial charge in [0, 0.05) is 37.1 Å². The average molecular weight is 279 g/mol. The second-order valence-corrected chi connectivity index (χ2v) is 7.29. The maximum absolute atomic E-state index is 4.32. The number of aromatic nitrogens is 1. The molecule has 3 nitrogen and oxygen atoms in total. The van der Waals surface area contributed by atoms with Crippen molar-refractivity contribution in [1.82, 2.24) is 10.3 Å². The zero-order valence-corrected chi connectivity index (χ0v) is 13.1. The highest BCUT2D eigenvalue weighted by molar-refractivity contribution is 7.99. The van der Waals surface area contributed by atoms with Crippen LogP contribution in [-0.4, -0.2) is 35.1 Å². The summed E-state index contributed by atoms with van der Waals surface area (Å²) in [4.78, 5) is 6.81. The fraction of sp³-hybridized carbons (Fsp3) is 0.667. The smallest absolute Gasteiger partial charge is 0.0598 e. The Morgan fingerprint density at radius 3 is 2.95 bits per heavy atom. The predicted octanol–water partition coefficient (Wildman–Crippen LogP) is 2.91. The molecule has 0 atom stereocenters. The molecule has 1 aliphatic heterocycles. The zero-order chi connectivity index (χ0) is 13.7. The van der Waals surface area contributed by atoms with Gasteiger partial charge in [0.25, 0.3) is 0 Å². The van der Waals surface area contributed by atoms with Gasteiger partial charge in [-0.3, -0.25) is 4.98 Å². The standard InChI is InChI=1S/C15H25N3S/c1-15(2,3)17-11-13-5-6-16-12-14(13)18-7-4-9-19-10-8-18/h5-6,12,17H,4,7-11H2,1-3H3. The molecule has 1 aliphatic rings. The third-order valence-electron chi connectivity index (χ3n) is 3.26. The molecule has 1 saturated heterocycles. The summed E-state index contributed by atoms with van der Waals surface area (Å²) >= 11 is 2.06. The summed E-state index contributed by atoms with van der Waals surface area (Å²) in [6, 6.07) is 2.14. The van der Waals surface area contributed by atoms with Crippen LogP contribution in [0.5, 0.6) is 0 Å². The van der Waals surface area contributed by atoms with Crippen LogP contribution < -0.4 is 10.2 Å². The van der Waals surface area contributed by atoms with Gasteiger partial charge in [-0.25, -0.2) is 0 Å². The van der Waals surface area contributed by atoms with Crippen molar-refractivity contribution in [3.8, 4) is 0 Å². The van der Waals surface area contributed by atoms with E-state index >= 15 is 0 Å². The lowest BCUT2D eigenvalue weighted by Gasteiger charge is -2.27. The molecule has 0 aromatic carbocycles. The quantitative estimate of drug-likeness (QED) is 0.921. The molecular weight excluding hydrogens is 254 g/mol. The van der Waals surface area contributed by atoms with Crippen molar-refractivity contribution in [1.29, 1.82) is 0 Å². The fourth-order valence-corrected chi connectivity index (χ4v) is 3.08. The summed E-state index contributed by atoms with van der Waals surface area (Å²) in [5.41, 5.74) is 2.81. The van der Waals surface area contributed by atoms with Gasteiger partial charge in [-0.05, 0) is 44.6 Å². The van der Waals surface area contributed by atoms with Gasteiger partial charge in [-0.1, -0.05) is 0 Å². The summed E-state index contributed by atoms with van der Waals surface area (Å²) in [6.07, 6.45) is 5.19. The fourth-order valence-electron chi connectivity index (χ4n) is 2.20. The Hall–Kier alpha value is -0.740. The number of hydrogen-bond donors (Lipinski definition) is 1. The Morgan fingerprint density at radius 1 is 1.32 bits per heavy atom. The molecule has 0 aliphatic carbocycles. The van der Waals surface area contributed by atoms with Crippen LogP contribution in [0.25, 0.3) is 0 Å². The van der Waals surface area contributed by atoms with Crippen molar-refractivity contribution >= 4 is 17.4 Å². The number of pyridine rings is 1. The summed E-state index contributed by atoms with van der Waals surface area (Å²) < 4.78 is 0. The lowest BCUT2D eigenvalue weighted by atomic mass is 10.1. The first kappa shape index (κ1) is 14.7. The minimum Gasteiger partial charge on any atom is -0.369 e. The van der Waals surface area contributed by atoms with Crippen LogP contribution in [0.3, 0.4) is 0 Å². The molecule has 1 aromatic rings. The van der Waals surface area contributed by atoms with E-state index in [1.807, 2.05) is 12.4 Å². The van der Waals surface area contributed by atoms with E-state index in [-0.39, 0.29) is 5.54 Å². The number of thioether (sulfide) groups is 1. The van der Waals surface area contributed by atoms with Crippen LogP contribution in [0.1, 0.15) is 32.8 Å². The largest absolute Gasteiger partial charge is 0.369 e. The van der Waals surface area contributed by atoms with Gasteiger partial charge in [-0.15, -0.1) is 0 Å². The normalized spacial score (nSPS) is 17.3. The first-order valence-corrected chi connectivity index (χ1v) is 8.22. The molecule has 2 heterocycles. The Labute approximate surface area is 121 Å². The third kappa shape index (κ3) is 4.69. The van der Waals surface area contributed by atoms with Crippen LogP contribution in [0, 0.1) is 0 Å². The molecule has 2 rings (SSSR count). The zero-order valence-electron chi connectivity index (χ0n) is 12.3. The van der Waals surface area contributed by atoms with Gasteiger partial charge in [0.1, 0.15) is 0 Å². The number of rotatable bonds is 3. The van der Waals surface area contributed by atoms with E-state index in [4.69, 9.17) is 0 Å². The summed E-state index contributed by atoms with van der Waals surface area (Å²) in [7, 11) is 0. The Balaban J connectivity index is 2.10. The molecule has 1 aromatic heterocycles. The molecule has 0 unspecified atom stereocenters. The number of nitrogens with zero attached hydrogens (tertiary/aromatic N) is 2. The van der Waals surface area contributed by atoms with Crippen molar-refractivity contribution in [3.63, 3.8) is 0 Å². The Kier molecular flexibility index (Phi) is 5.11. The topological polar surface area (TPSA) is 28.2 Å². The molecule has 0 radical (unpaired) electrons. The predicted molar refractivity (Wildman–Crippen MR) is 85.0 cm³/mol. The van der Waals surface area contributed by atoms with Crippen molar-refractivity contribution in [2.45, 2.75) is 39.3 Å². The van der Waals surface area contributed by atoms with Gasteiger partial charge in [0.15, 0.2) is 0 Å². The van der Waals surface area contributed by atoms with E-state index in [2.05, 4.69) is 53.8 Å². The highest BCUT2D eigenvalue weighted by Crippen LogP contribution is 2.23. The molecular formula is C15H25N3S. The maximum atomic E-state index is 4.32. The molecule has 0 bridgehead atoms.